The second-order valence-electron chi connectivity index (χ2n) is 4.90. The number of ether oxygens (including phenoxy) is 1. The Bertz CT molecular complexity index is 606. The lowest BCUT2D eigenvalue weighted by Crippen LogP contribution is -2.66. The molecule has 1 rings (SSSR count). The summed E-state index contributed by atoms with van der Waals surface area (Å²) in [6.07, 6.45) is -17.7. The minimum Gasteiger partial charge on any atom is -0.284 e. The molecule has 0 unspecified atom stereocenters. The zero-order chi connectivity index (χ0) is 25.0. The maximum Gasteiger partial charge on any atom is 0.531 e. The van der Waals surface area contributed by atoms with Crippen molar-refractivity contribution in [3.63, 3.8) is 0 Å². The van der Waals surface area contributed by atoms with Gasteiger partial charge in [0, 0.05) is 4.53 Å². The van der Waals surface area contributed by atoms with Crippen molar-refractivity contribution in [3.8, 4) is 0 Å². The predicted octanol–water partition coefficient (Wildman–Crippen LogP) is 5.99. The van der Waals surface area contributed by atoms with Crippen LogP contribution >= 0.6 is 0 Å². The molecule has 3 nitrogen and oxygen atoms in total. The molecule has 0 radical (unpaired) electrons. The average Bonchev–Trinajstić information content (AvgIpc) is 2.55. The van der Waals surface area contributed by atoms with Crippen LogP contribution in [0.4, 0.5) is 84.0 Å². The molecule has 0 aromatic carbocycles. The summed E-state index contributed by atoms with van der Waals surface area (Å²) in [5.74, 6) is -46.0. The van der Waals surface area contributed by atoms with Gasteiger partial charge in [0.2, 0.25) is 0 Å². The summed E-state index contributed by atoms with van der Waals surface area (Å²) < 4.78 is 223. The lowest BCUT2D eigenvalue weighted by molar-refractivity contribution is -0.499. The van der Waals surface area contributed by atoms with Crippen molar-refractivity contribution in [3.05, 3.63) is 0 Å². The molecule has 0 aromatic rings. The van der Waals surface area contributed by atoms with Gasteiger partial charge in [-0.15, -0.1) is 4.39 Å². The van der Waals surface area contributed by atoms with Crippen LogP contribution in [0.15, 0.2) is 0 Å². The van der Waals surface area contributed by atoms with E-state index in [1.165, 1.54) is 4.74 Å². The van der Waals surface area contributed by atoms with Gasteiger partial charge in [-0.3, -0.25) is 4.74 Å². The molecule has 1 fully saturated rings. The standard InChI is InChI=1S/C8F16O.CF2O2/c9-1(10)2(11,12)4(15,16)5(17,3(1,13)14)25-6(18,7(19,20)21)8(22,23)24;2-1(4)5-3. The number of rotatable bonds is 2. The molecule has 21 heteroatoms. The van der Waals surface area contributed by atoms with Crippen molar-refractivity contribution in [2.24, 2.45) is 0 Å². The van der Waals surface area contributed by atoms with E-state index in [1.807, 2.05) is 4.94 Å². The van der Waals surface area contributed by atoms with Gasteiger partial charge in [0.05, 0.1) is 0 Å². The van der Waals surface area contributed by atoms with Crippen LogP contribution in [0.5, 0.6) is 0 Å². The fourth-order valence-corrected chi connectivity index (χ4v) is 1.59. The van der Waals surface area contributed by atoms with Crippen LogP contribution in [0.25, 0.3) is 0 Å². The van der Waals surface area contributed by atoms with Gasteiger partial charge < -0.3 is 0 Å². The molecule has 180 valence electrons. The normalized spacial score (nSPS) is 23.9. The first-order chi connectivity index (χ1) is 12.7. The van der Waals surface area contributed by atoms with Crippen LogP contribution in [-0.2, 0) is 9.68 Å². The lowest BCUT2D eigenvalue weighted by Gasteiger charge is -2.38. The second-order valence-corrected chi connectivity index (χ2v) is 4.90. The van der Waals surface area contributed by atoms with Gasteiger partial charge in [-0.1, -0.05) is 0 Å². The SMILES string of the molecule is FC(F)(F)C(F)(OC1(F)C(F)(F)C(F)(F)C(F)(F)C1(F)F)C(F)(F)F.O=C(F)OF. The van der Waals surface area contributed by atoms with Gasteiger partial charge in [-0.25, -0.2) is 9.74 Å². The Morgan fingerprint density at radius 2 is 0.833 bits per heavy atom. The zero-order valence-electron chi connectivity index (χ0n) is 12.5. The van der Waals surface area contributed by atoms with Gasteiger partial charge in [-0.05, 0) is 0 Å². The van der Waals surface area contributed by atoms with Gasteiger partial charge in [0.25, 0.3) is 0 Å². The molecule has 0 amide bonds. The largest absolute Gasteiger partial charge is 0.531 e. The summed E-state index contributed by atoms with van der Waals surface area (Å²) in [6, 6.07) is 0. The predicted molar refractivity (Wildman–Crippen MR) is 49.4 cm³/mol. The van der Waals surface area contributed by atoms with E-state index >= 15 is 0 Å². The number of halogens is 18. The van der Waals surface area contributed by atoms with Crippen molar-refractivity contribution < 1.29 is 93.6 Å². The summed E-state index contributed by atoms with van der Waals surface area (Å²) in [4.78, 5) is 10.5. The van der Waals surface area contributed by atoms with Crippen molar-refractivity contribution in [1.82, 2.24) is 0 Å². The molecule has 0 heterocycles. The Kier molecular flexibility index (Phi) is 6.67. The molecular weight excluding hydrogens is 498 g/mol. The number of alkyl halides is 16. The summed E-state index contributed by atoms with van der Waals surface area (Å²) >= 11 is 0. The fourth-order valence-electron chi connectivity index (χ4n) is 1.59. The monoisotopic (exact) mass is 498 g/mol. The van der Waals surface area contributed by atoms with Gasteiger partial charge in [0.15, 0.2) is 0 Å². The third-order valence-corrected chi connectivity index (χ3v) is 3.06. The molecule has 1 aliphatic rings. The molecule has 0 atom stereocenters. The first kappa shape index (κ1) is 28.2. The van der Waals surface area contributed by atoms with Crippen LogP contribution in [0.1, 0.15) is 0 Å². The average molecular weight is 498 g/mol. The molecule has 0 saturated heterocycles. The van der Waals surface area contributed by atoms with Crippen LogP contribution in [-0.4, -0.2) is 54.0 Å². The van der Waals surface area contributed by atoms with Crippen LogP contribution in [0.3, 0.4) is 0 Å². The Hall–Kier alpha value is -1.83. The van der Waals surface area contributed by atoms with E-state index in [4.69, 9.17) is 4.79 Å². The third kappa shape index (κ3) is 3.47. The highest BCUT2D eigenvalue weighted by atomic mass is 19.4. The number of carbonyl (C=O) groups excluding carboxylic acids is 1. The van der Waals surface area contributed by atoms with Crippen LogP contribution in [0.2, 0.25) is 0 Å². The van der Waals surface area contributed by atoms with E-state index < -0.39 is 54.0 Å². The molecule has 0 spiro atoms. The fraction of sp³-hybridized carbons (Fsp3) is 0.889. The molecule has 0 aromatic heterocycles. The maximum atomic E-state index is 13.5. The lowest BCUT2D eigenvalue weighted by atomic mass is 10.1. The van der Waals surface area contributed by atoms with Crippen LogP contribution in [0, 0.1) is 0 Å². The highest BCUT2D eigenvalue weighted by molar-refractivity contribution is 5.56. The summed E-state index contributed by atoms with van der Waals surface area (Å²) in [5.41, 5.74) is 0. The Balaban J connectivity index is 0.00000150. The quantitative estimate of drug-likeness (QED) is 0.347. The van der Waals surface area contributed by atoms with E-state index in [0.29, 0.717) is 0 Å². The molecule has 1 aliphatic carbocycles. The van der Waals surface area contributed by atoms with Crippen molar-refractivity contribution in [2.75, 3.05) is 0 Å². The van der Waals surface area contributed by atoms with E-state index in [1.54, 1.807) is 0 Å². The van der Waals surface area contributed by atoms with Crippen molar-refractivity contribution >= 4 is 6.22 Å². The Morgan fingerprint density at radius 1 is 0.600 bits per heavy atom. The molecular formula is C9F18O3. The number of hydrogen-bond acceptors (Lipinski definition) is 3. The second kappa shape index (κ2) is 7.11. The van der Waals surface area contributed by atoms with Crippen molar-refractivity contribution in [2.45, 2.75) is 47.8 Å². The first-order valence-electron chi connectivity index (χ1n) is 5.93. The van der Waals surface area contributed by atoms with E-state index in [9.17, 15) is 79.2 Å². The maximum absolute atomic E-state index is 13.5. The first-order valence-corrected chi connectivity index (χ1v) is 5.93. The summed E-state index contributed by atoms with van der Waals surface area (Å²) in [6.45, 7) is 0. The summed E-state index contributed by atoms with van der Waals surface area (Å²) in [5, 5.41) is 0. The van der Waals surface area contributed by atoms with Gasteiger partial charge in [-0.2, -0.15) is 70.2 Å². The minimum atomic E-state index is -7.75. The van der Waals surface area contributed by atoms with E-state index in [0.717, 1.165) is 0 Å². The van der Waals surface area contributed by atoms with Gasteiger partial charge >= 0.3 is 54.0 Å². The van der Waals surface area contributed by atoms with E-state index in [2.05, 4.69) is 0 Å². The Labute approximate surface area is 149 Å². The molecule has 0 bridgehead atoms. The smallest absolute Gasteiger partial charge is 0.284 e. The van der Waals surface area contributed by atoms with Gasteiger partial charge in [0.1, 0.15) is 0 Å². The third-order valence-electron chi connectivity index (χ3n) is 3.06. The minimum absolute atomic E-state index is 1.37. The number of carbonyl (C=O) groups is 1. The topological polar surface area (TPSA) is 35.5 Å². The molecule has 0 N–H and O–H groups in total. The van der Waals surface area contributed by atoms with Crippen molar-refractivity contribution in [1.29, 1.82) is 0 Å². The molecule has 1 saturated carbocycles. The highest BCUT2D eigenvalue weighted by Crippen LogP contribution is 2.71. The zero-order valence-corrected chi connectivity index (χ0v) is 12.5. The number of hydrogen-bond donors (Lipinski definition) is 0. The molecule has 0 aliphatic heterocycles. The summed E-state index contributed by atoms with van der Waals surface area (Å²) in [7, 11) is 0. The Morgan fingerprint density at radius 3 is 1.00 bits per heavy atom. The highest BCUT2D eigenvalue weighted by Gasteiger charge is 3.03. The molecule has 30 heavy (non-hydrogen) atoms. The van der Waals surface area contributed by atoms with Crippen LogP contribution < -0.4 is 0 Å². The van der Waals surface area contributed by atoms with E-state index in [-0.39, 0.29) is 0 Å².